The van der Waals surface area contributed by atoms with E-state index in [-0.39, 0.29) is 31.7 Å². The summed E-state index contributed by atoms with van der Waals surface area (Å²) >= 11 is 0. The zero-order valence-electron chi connectivity index (χ0n) is 24.3. The maximum atomic E-state index is 14.8. The highest BCUT2D eigenvalue weighted by atomic mass is 19.3. The molecule has 1 atom stereocenters. The summed E-state index contributed by atoms with van der Waals surface area (Å²) in [6.07, 6.45) is 7.84. The number of likely N-dealkylation sites (tertiary alicyclic amines) is 1. The number of unbranched alkanes of at least 4 members (excludes halogenated alkanes) is 1. The third-order valence-electron chi connectivity index (χ3n) is 7.47. The lowest BCUT2D eigenvalue weighted by atomic mass is 9.94. The van der Waals surface area contributed by atoms with Crippen molar-refractivity contribution >= 4 is 6.09 Å². The number of hydrogen-bond acceptors (Lipinski definition) is 6. The Morgan fingerprint density at radius 3 is 2.50 bits per heavy atom. The van der Waals surface area contributed by atoms with Crippen LogP contribution >= 0.6 is 0 Å². The Kier molecular flexibility index (Phi) is 9.85. The number of hydrogen-bond donors (Lipinski definition) is 0. The van der Waals surface area contributed by atoms with E-state index in [0.717, 1.165) is 54.7 Å². The van der Waals surface area contributed by atoms with Crippen molar-refractivity contribution in [2.45, 2.75) is 103 Å². The molecular formula is C31H43F2N3O4. The largest absolute Gasteiger partial charge is 0.490 e. The first-order chi connectivity index (χ1) is 19.0. The molecule has 2 aliphatic rings. The highest BCUT2D eigenvalue weighted by Gasteiger charge is 2.46. The topological polar surface area (TPSA) is 73.8 Å². The van der Waals surface area contributed by atoms with Gasteiger partial charge in [0, 0.05) is 31.1 Å². The van der Waals surface area contributed by atoms with Crippen LogP contribution in [0.3, 0.4) is 0 Å². The Bertz CT molecular complexity index is 1110. The van der Waals surface area contributed by atoms with Crippen molar-refractivity contribution in [2.24, 2.45) is 5.92 Å². The third kappa shape index (κ3) is 8.27. The zero-order valence-corrected chi connectivity index (χ0v) is 24.3. The lowest BCUT2D eigenvalue weighted by molar-refractivity contribution is -0.116. The van der Waals surface area contributed by atoms with Gasteiger partial charge in [-0.05, 0) is 77.0 Å². The molecule has 1 aromatic heterocycles. The number of ether oxygens (including phenoxy) is 3. The van der Waals surface area contributed by atoms with Crippen molar-refractivity contribution in [1.29, 1.82) is 0 Å². The average Bonchev–Trinajstić information content (AvgIpc) is 2.91. The van der Waals surface area contributed by atoms with Crippen LogP contribution in [0, 0.1) is 5.92 Å². The molecule has 2 fully saturated rings. The minimum atomic E-state index is -2.97. The molecule has 0 bridgehead atoms. The van der Waals surface area contributed by atoms with Gasteiger partial charge in [-0.25, -0.2) is 13.6 Å². The molecule has 1 amide bonds. The Balaban J connectivity index is 1.46. The number of aryl methyl sites for hydroxylation is 1. The first-order valence-corrected chi connectivity index (χ1v) is 14.7. The number of aromatic nitrogens is 2. The molecule has 1 saturated carbocycles. The fourth-order valence-corrected chi connectivity index (χ4v) is 5.17. The zero-order chi connectivity index (χ0) is 28.8. The summed E-state index contributed by atoms with van der Waals surface area (Å²) in [6, 6.07) is 9.73. The number of carbonyl (C=O) groups excluding carboxylic acids is 1. The number of rotatable bonds is 9. The van der Waals surface area contributed by atoms with Gasteiger partial charge >= 0.3 is 6.09 Å². The van der Waals surface area contributed by atoms with Gasteiger partial charge in [0.25, 0.3) is 5.92 Å². The molecule has 0 N–H and O–H groups in total. The summed E-state index contributed by atoms with van der Waals surface area (Å²) in [6.45, 7) is 6.87. The van der Waals surface area contributed by atoms with E-state index >= 15 is 0 Å². The normalized spacial score (nSPS) is 19.8. The minimum absolute atomic E-state index is 0.0606. The monoisotopic (exact) mass is 559 g/mol. The summed E-state index contributed by atoms with van der Waals surface area (Å²) in [7, 11) is 0. The van der Waals surface area contributed by atoms with E-state index in [1.165, 1.54) is 24.2 Å². The van der Waals surface area contributed by atoms with E-state index in [1.54, 1.807) is 26.8 Å². The molecule has 7 nitrogen and oxygen atoms in total. The van der Waals surface area contributed by atoms with Crippen LogP contribution in [0.15, 0.2) is 30.3 Å². The SMILES string of the molecule is CCCCc1nnc(OCC2CN(C(=O)OC(C)(C)C)CCC2(F)F)cc1-c1ccc(OC2CCCCC2)cc1. The predicted octanol–water partition coefficient (Wildman–Crippen LogP) is 7.47. The molecular weight excluding hydrogens is 516 g/mol. The maximum absolute atomic E-state index is 14.8. The van der Waals surface area contributed by atoms with Gasteiger partial charge in [0.05, 0.1) is 17.7 Å². The first-order valence-electron chi connectivity index (χ1n) is 14.7. The quantitative estimate of drug-likeness (QED) is 0.317. The van der Waals surface area contributed by atoms with Gasteiger partial charge in [0.2, 0.25) is 5.88 Å². The average molecular weight is 560 g/mol. The van der Waals surface area contributed by atoms with Crippen LogP contribution in [-0.4, -0.2) is 58.5 Å². The first kappa shape index (κ1) is 30.0. The molecule has 1 saturated heterocycles. The molecule has 1 aromatic carbocycles. The van der Waals surface area contributed by atoms with Crippen molar-refractivity contribution in [3.05, 3.63) is 36.0 Å². The Morgan fingerprint density at radius 2 is 1.82 bits per heavy atom. The second-order valence-electron chi connectivity index (χ2n) is 12.0. The molecule has 1 aliphatic carbocycles. The molecule has 40 heavy (non-hydrogen) atoms. The molecule has 0 radical (unpaired) electrons. The van der Waals surface area contributed by atoms with Crippen molar-refractivity contribution < 1.29 is 27.8 Å². The standard InChI is InChI=1S/C31H43F2N3O4/c1-5-6-12-27-26(22-13-15-25(16-14-22)39-24-10-8-7-9-11-24)19-28(35-34-27)38-21-23-20-36(18-17-31(23,32)33)29(37)40-30(2,3)4/h13-16,19,23-24H,5-12,17-18,20-21H2,1-4H3. The summed E-state index contributed by atoms with van der Waals surface area (Å²) in [5.74, 6) is -3.12. The molecule has 1 unspecified atom stereocenters. The number of alkyl halides is 2. The maximum Gasteiger partial charge on any atom is 0.410 e. The van der Waals surface area contributed by atoms with Crippen LogP contribution in [0.2, 0.25) is 0 Å². The van der Waals surface area contributed by atoms with E-state index in [1.807, 2.05) is 24.3 Å². The molecule has 2 aromatic rings. The summed E-state index contributed by atoms with van der Waals surface area (Å²) in [5, 5.41) is 8.61. The van der Waals surface area contributed by atoms with Crippen LogP contribution in [0.1, 0.15) is 84.8 Å². The van der Waals surface area contributed by atoms with Crippen molar-refractivity contribution in [3.8, 4) is 22.8 Å². The second-order valence-corrected chi connectivity index (χ2v) is 12.0. The number of amides is 1. The van der Waals surface area contributed by atoms with E-state index in [0.29, 0.717) is 0 Å². The van der Waals surface area contributed by atoms with Gasteiger partial charge < -0.3 is 19.1 Å². The number of piperidine rings is 1. The molecule has 220 valence electrons. The van der Waals surface area contributed by atoms with Crippen molar-refractivity contribution in [3.63, 3.8) is 0 Å². The van der Waals surface area contributed by atoms with Gasteiger partial charge in [-0.15, -0.1) is 5.10 Å². The minimum Gasteiger partial charge on any atom is -0.490 e. The molecule has 4 rings (SSSR count). The number of nitrogens with zero attached hydrogens (tertiary/aromatic N) is 3. The smallest absolute Gasteiger partial charge is 0.410 e. The molecule has 2 heterocycles. The Labute approximate surface area is 236 Å². The molecule has 1 aliphatic heterocycles. The van der Waals surface area contributed by atoms with E-state index < -0.39 is 30.0 Å². The van der Waals surface area contributed by atoms with Crippen molar-refractivity contribution in [2.75, 3.05) is 19.7 Å². The van der Waals surface area contributed by atoms with E-state index in [2.05, 4.69) is 17.1 Å². The third-order valence-corrected chi connectivity index (χ3v) is 7.47. The Morgan fingerprint density at radius 1 is 1.10 bits per heavy atom. The summed E-state index contributed by atoms with van der Waals surface area (Å²) in [4.78, 5) is 13.8. The van der Waals surface area contributed by atoms with E-state index in [9.17, 15) is 13.6 Å². The fraction of sp³-hybridized carbons (Fsp3) is 0.645. The highest BCUT2D eigenvalue weighted by Crippen LogP contribution is 2.35. The number of benzene rings is 1. The van der Waals surface area contributed by atoms with Crippen LogP contribution in [0.5, 0.6) is 11.6 Å². The van der Waals surface area contributed by atoms with Gasteiger partial charge in [-0.2, -0.15) is 5.10 Å². The summed E-state index contributed by atoms with van der Waals surface area (Å²) in [5.41, 5.74) is 1.96. The lowest BCUT2D eigenvalue weighted by Crippen LogP contribution is -2.52. The summed E-state index contributed by atoms with van der Waals surface area (Å²) < 4.78 is 47.0. The fourth-order valence-electron chi connectivity index (χ4n) is 5.17. The van der Waals surface area contributed by atoms with Crippen LogP contribution in [-0.2, 0) is 11.2 Å². The molecule has 0 spiro atoms. The van der Waals surface area contributed by atoms with Crippen molar-refractivity contribution in [1.82, 2.24) is 15.1 Å². The number of halogens is 2. The van der Waals surface area contributed by atoms with Crippen LogP contribution < -0.4 is 9.47 Å². The number of carbonyl (C=O) groups is 1. The molecule has 9 heteroatoms. The Hall–Kier alpha value is -2.97. The van der Waals surface area contributed by atoms with Gasteiger partial charge in [0.1, 0.15) is 18.0 Å². The second kappa shape index (κ2) is 13.1. The lowest BCUT2D eigenvalue weighted by Gasteiger charge is -2.38. The van der Waals surface area contributed by atoms with Gasteiger partial charge in [0.15, 0.2) is 0 Å². The highest BCUT2D eigenvalue weighted by molar-refractivity contribution is 5.68. The van der Waals surface area contributed by atoms with Crippen LogP contribution in [0.4, 0.5) is 13.6 Å². The van der Waals surface area contributed by atoms with Crippen LogP contribution in [0.25, 0.3) is 11.1 Å². The predicted molar refractivity (Wildman–Crippen MR) is 150 cm³/mol. The van der Waals surface area contributed by atoms with E-state index in [4.69, 9.17) is 14.2 Å². The van der Waals surface area contributed by atoms with Gasteiger partial charge in [-0.3, -0.25) is 0 Å². The van der Waals surface area contributed by atoms with Gasteiger partial charge in [-0.1, -0.05) is 31.9 Å².